The molecular weight excluding hydrogens is 184 g/mol. The highest BCUT2D eigenvalue weighted by Gasteiger charge is 1.96. The molecule has 0 aliphatic rings. The highest BCUT2D eigenvalue weighted by atomic mass is 32.1. The van der Waals surface area contributed by atoms with Crippen molar-refractivity contribution in [2.45, 2.75) is 6.54 Å². The molecule has 0 atom stereocenters. The van der Waals surface area contributed by atoms with Crippen LogP contribution in [0.2, 0.25) is 0 Å². The molecule has 13 heavy (non-hydrogen) atoms. The largest absolute Gasteiger partial charge is 0.404 e. The molecule has 0 unspecified atom stereocenters. The Morgan fingerprint density at radius 1 is 1.85 bits per heavy atom. The maximum absolute atomic E-state index is 7.52. The minimum Gasteiger partial charge on any atom is -0.404 e. The van der Waals surface area contributed by atoms with Crippen LogP contribution in [0.3, 0.4) is 0 Å². The van der Waals surface area contributed by atoms with Crippen molar-refractivity contribution in [3.63, 3.8) is 0 Å². The zero-order chi connectivity index (χ0) is 9.68. The van der Waals surface area contributed by atoms with Crippen molar-refractivity contribution < 1.29 is 0 Å². The van der Waals surface area contributed by atoms with Crippen LogP contribution in [-0.2, 0) is 6.54 Å². The molecule has 1 aromatic rings. The van der Waals surface area contributed by atoms with E-state index in [4.69, 9.17) is 11.1 Å². The van der Waals surface area contributed by atoms with Crippen LogP contribution in [0.25, 0.3) is 0 Å². The Morgan fingerprint density at radius 3 is 3.08 bits per heavy atom. The van der Waals surface area contributed by atoms with Crippen LogP contribution in [0.15, 0.2) is 28.3 Å². The van der Waals surface area contributed by atoms with Gasteiger partial charge in [0.15, 0.2) is 4.80 Å². The van der Waals surface area contributed by atoms with Crippen LogP contribution in [-0.4, -0.2) is 17.8 Å². The summed E-state index contributed by atoms with van der Waals surface area (Å²) in [7, 11) is 1.70. The highest BCUT2D eigenvalue weighted by Crippen LogP contribution is 1.95. The Kier molecular flexibility index (Phi) is 3.45. The lowest BCUT2D eigenvalue weighted by Gasteiger charge is -2.01. The van der Waals surface area contributed by atoms with Gasteiger partial charge in [-0.05, 0) is 0 Å². The summed E-state index contributed by atoms with van der Waals surface area (Å²) in [6.45, 7) is 0.607. The van der Waals surface area contributed by atoms with E-state index in [9.17, 15) is 0 Å². The Labute approximate surface area is 80.6 Å². The minimum atomic E-state index is 0.517. The summed E-state index contributed by atoms with van der Waals surface area (Å²) in [4.78, 5) is 4.39. The monoisotopic (exact) mass is 196 g/mol. The SMILES string of the molecule is CN=CC(=CN)Cn1ccsc1=N. The van der Waals surface area contributed by atoms with Gasteiger partial charge in [-0.3, -0.25) is 10.4 Å². The highest BCUT2D eigenvalue weighted by molar-refractivity contribution is 7.06. The third-order valence-corrected chi connectivity index (χ3v) is 2.26. The van der Waals surface area contributed by atoms with Gasteiger partial charge in [-0.2, -0.15) is 0 Å². The van der Waals surface area contributed by atoms with Crippen LogP contribution >= 0.6 is 11.3 Å². The molecule has 0 bridgehead atoms. The zero-order valence-corrected chi connectivity index (χ0v) is 8.21. The third-order valence-electron chi connectivity index (χ3n) is 1.54. The molecular formula is C8H12N4S. The van der Waals surface area contributed by atoms with E-state index < -0.39 is 0 Å². The van der Waals surface area contributed by atoms with Gasteiger partial charge in [0.1, 0.15) is 0 Å². The minimum absolute atomic E-state index is 0.517. The van der Waals surface area contributed by atoms with E-state index in [1.54, 1.807) is 13.3 Å². The molecule has 5 heteroatoms. The first-order valence-electron chi connectivity index (χ1n) is 3.79. The van der Waals surface area contributed by atoms with Crippen molar-refractivity contribution >= 4 is 17.6 Å². The number of nitrogens with zero attached hydrogens (tertiary/aromatic N) is 2. The summed E-state index contributed by atoms with van der Waals surface area (Å²) < 4.78 is 1.81. The Hall–Kier alpha value is -1.36. The first-order chi connectivity index (χ1) is 6.27. The van der Waals surface area contributed by atoms with E-state index in [0.29, 0.717) is 11.3 Å². The number of rotatable bonds is 3. The molecule has 1 heterocycles. The molecule has 0 saturated heterocycles. The molecule has 0 amide bonds. The van der Waals surface area contributed by atoms with E-state index in [-0.39, 0.29) is 0 Å². The predicted molar refractivity (Wildman–Crippen MR) is 54.9 cm³/mol. The molecule has 0 aliphatic carbocycles. The van der Waals surface area contributed by atoms with Crippen molar-refractivity contribution in [3.05, 3.63) is 28.2 Å². The fraction of sp³-hybridized carbons (Fsp3) is 0.250. The van der Waals surface area contributed by atoms with Crippen LogP contribution in [0.4, 0.5) is 0 Å². The van der Waals surface area contributed by atoms with E-state index in [2.05, 4.69) is 4.99 Å². The molecule has 0 radical (unpaired) electrons. The number of aliphatic imine (C=N–C) groups is 1. The molecule has 1 rings (SSSR count). The normalized spacial score (nSPS) is 12.5. The Bertz CT molecular complexity index is 371. The third kappa shape index (κ3) is 2.55. The molecule has 4 nitrogen and oxygen atoms in total. The Morgan fingerprint density at radius 2 is 2.62 bits per heavy atom. The molecule has 0 aromatic carbocycles. The van der Waals surface area contributed by atoms with Gasteiger partial charge < -0.3 is 10.3 Å². The van der Waals surface area contributed by atoms with E-state index in [1.807, 2.05) is 16.1 Å². The zero-order valence-electron chi connectivity index (χ0n) is 7.40. The second-order valence-electron chi connectivity index (χ2n) is 2.46. The van der Waals surface area contributed by atoms with Gasteiger partial charge in [0, 0.05) is 36.6 Å². The maximum atomic E-state index is 7.52. The first kappa shape index (κ1) is 9.73. The number of nitrogens with one attached hydrogen (secondary N) is 1. The molecule has 0 spiro atoms. The summed E-state index contributed by atoms with van der Waals surface area (Å²) in [5.74, 6) is 0. The summed E-state index contributed by atoms with van der Waals surface area (Å²) >= 11 is 1.39. The number of hydrogen-bond acceptors (Lipinski definition) is 4. The quantitative estimate of drug-likeness (QED) is 0.682. The van der Waals surface area contributed by atoms with Crippen molar-refractivity contribution in [2.24, 2.45) is 10.7 Å². The summed E-state index contributed by atoms with van der Waals surface area (Å²) in [6, 6.07) is 0. The van der Waals surface area contributed by atoms with Crippen LogP contribution in [0.5, 0.6) is 0 Å². The number of allylic oxidation sites excluding steroid dienone is 1. The van der Waals surface area contributed by atoms with Crippen molar-refractivity contribution in [3.8, 4) is 0 Å². The van der Waals surface area contributed by atoms with Gasteiger partial charge in [0.2, 0.25) is 0 Å². The van der Waals surface area contributed by atoms with Gasteiger partial charge in [-0.25, -0.2) is 0 Å². The lowest BCUT2D eigenvalue weighted by Crippen LogP contribution is -2.14. The number of hydrogen-bond donors (Lipinski definition) is 2. The maximum Gasteiger partial charge on any atom is 0.182 e. The summed E-state index contributed by atoms with van der Waals surface area (Å²) in [5, 5.41) is 9.39. The van der Waals surface area contributed by atoms with E-state index >= 15 is 0 Å². The smallest absolute Gasteiger partial charge is 0.182 e. The van der Waals surface area contributed by atoms with Gasteiger partial charge in [0.05, 0.1) is 6.54 Å². The van der Waals surface area contributed by atoms with Crippen molar-refractivity contribution in [2.75, 3.05) is 7.05 Å². The van der Waals surface area contributed by atoms with E-state index in [1.165, 1.54) is 17.5 Å². The summed E-state index contributed by atoms with van der Waals surface area (Å²) in [6.07, 6.45) is 5.07. The van der Waals surface area contributed by atoms with Crippen molar-refractivity contribution in [1.82, 2.24) is 4.57 Å². The van der Waals surface area contributed by atoms with Crippen LogP contribution in [0, 0.1) is 5.41 Å². The van der Waals surface area contributed by atoms with Gasteiger partial charge >= 0.3 is 0 Å². The van der Waals surface area contributed by atoms with Crippen LogP contribution in [0.1, 0.15) is 0 Å². The standard InChI is InChI=1S/C8H12N4S/c1-11-5-7(4-9)6-12-2-3-13-8(12)10/h2-5,10H,6,9H2,1H3. The topological polar surface area (TPSA) is 67.2 Å². The number of thiazole rings is 1. The first-order valence-corrected chi connectivity index (χ1v) is 4.67. The number of aromatic nitrogens is 1. The Balaban J connectivity index is 2.79. The lowest BCUT2D eigenvalue weighted by atomic mass is 10.3. The lowest BCUT2D eigenvalue weighted by molar-refractivity contribution is 0.765. The molecule has 3 N–H and O–H groups in total. The van der Waals surface area contributed by atoms with Crippen LogP contribution < -0.4 is 10.5 Å². The molecule has 0 saturated carbocycles. The molecule has 0 aliphatic heterocycles. The molecule has 0 fully saturated rings. The van der Waals surface area contributed by atoms with Crippen molar-refractivity contribution in [1.29, 1.82) is 5.41 Å². The molecule has 1 aromatic heterocycles. The average Bonchev–Trinajstić information content (AvgIpc) is 2.51. The fourth-order valence-corrected chi connectivity index (χ4v) is 1.52. The average molecular weight is 196 g/mol. The molecule has 70 valence electrons. The van der Waals surface area contributed by atoms with Gasteiger partial charge in [0.25, 0.3) is 0 Å². The number of nitrogens with two attached hydrogens (primary N) is 1. The van der Waals surface area contributed by atoms with Gasteiger partial charge in [-0.15, -0.1) is 11.3 Å². The summed E-state index contributed by atoms with van der Waals surface area (Å²) in [5.41, 5.74) is 6.30. The second kappa shape index (κ2) is 4.61. The van der Waals surface area contributed by atoms with E-state index in [0.717, 1.165) is 5.57 Å². The second-order valence-corrected chi connectivity index (χ2v) is 3.36. The van der Waals surface area contributed by atoms with Gasteiger partial charge in [-0.1, -0.05) is 0 Å². The predicted octanol–water partition coefficient (Wildman–Crippen LogP) is 0.572. The fourth-order valence-electron chi connectivity index (χ4n) is 0.927.